The molecule has 33 heavy (non-hydrogen) atoms. The number of anilines is 2. The van der Waals surface area contributed by atoms with Gasteiger partial charge >= 0.3 is 0 Å². The molecule has 0 fully saturated rings. The number of rotatable bonds is 7. The SMILES string of the molecule is CCc1ccc(OC(C)C(=O)Nc2cccc(NC(=O)c3ccc(C(C)(C)C)cc3)c2)cc1. The molecule has 5 nitrogen and oxygen atoms in total. The highest BCUT2D eigenvalue weighted by Crippen LogP contribution is 2.23. The normalized spacial score (nSPS) is 12.0. The third-order valence-corrected chi connectivity index (χ3v) is 5.41. The van der Waals surface area contributed by atoms with Crippen LogP contribution < -0.4 is 15.4 Å². The summed E-state index contributed by atoms with van der Waals surface area (Å²) in [4.78, 5) is 25.2. The number of hydrogen-bond donors (Lipinski definition) is 2. The van der Waals surface area contributed by atoms with Crippen molar-refractivity contribution in [3.63, 3.8) is 0 Å². The number of nitrogens with one attached hydrogen (secondary N) is 2. The van der Waals surface area contributed by atoms with Crippen molar-refractivity contribution in [3.8, 4) is 5.75 Å². The van der Waals surface area contributed by atoms with E-state index in [9.17, 15) is 9.59 Å². The van der Waals surface area contributed by atoms with Crippen LogP contribution >= 0.6 is 0 Å². The van der Waals surface area contributed by atoms with Crippen LogP contribution in [0.1, 0.15) is 56.1 Å². The van der Waals surface area contributed by atoms with Gasteiger partial charge in [0.2, 0.25) is 0 Å². The maximum Gasteiger partial charge on any atom is 0.265 e. The third kappa shape index (κ3) is 6.69. The van der Waals surface area contributed by atoms with E-state index in [-0.39, 0.29) is 17.2 Å². The van der Waals surface area contributed by atoms with Crippen molar-refractivity contribution in [2.45, 2.75) is 52.6 Å². The zero-order valence-corrected chi connectivity index (χ0v) is 19.9. The fraction of sp³-hybridized carbons (Fsp3) is 0.286. The number of carbonyl (C=O) groups is 2. The lowest BCUT2D eigenvalue weighted by molar-refractivity contribution is -0.122. The highest BCUT2D eigenvalue weighted by molar-refractivity contribution is 6.04. The molecule has 1 atom stereocenters. The Morgan fingerprint density at radius 1 is 0.879 bits per heavy atom. The first-order chi connectivity index (χ1) is 15.7. The van der Waals surface area contributed by atoms with Gasteiger partial charge in [0.05, 0.1) is 0 Å². The summed E-state index contributed by atoms with van der Waals surface area (Å²) in [6.45, 7) is 10.2. The van der Waals surface area contributed by atoms with Crippen molar-refractivity contribution in [2.75, 3.05) is 10.6 Å². The van der Waals surface area contributed by atoms with E-state index in [0.717, 1.165) is 6.42 Å². The summed E-state index contributed by atoms with van der Waals surface area (Å²) in [6.07, 6.45) is 0.280. The van der Waals surface area contributed by atoms with Gasteiger partial charge in [0.15, 0.2) is 6.10 Å². The van der Waals surface area contributed by atoms with E-state index in [4.69, 9.17) is 4.74 Å². The average molecular weight is 445 g/mol. The van der Waals surface area contributed by atoms with Gasteiger partial charge in [-0.05, 0) is 72.4 Å². The van der Waals surface area contributed by atoms with Crippen LogP contribution in [0.5, 0.6) is 5.75 Å². The zero-order chi connectivity index (χ0) is 24.0. The predicted molar refractivity (Wildman–Crippen MR) is 134 cm³/mol. The summed E-state index contributed by atoms with van der Waals surface area (Å²) < 4.78 is 5.75. The van der Waals surface area contributed by atoms with Gasteiger partial charge in [0, 0.05) is 16.9 Å². The van der Waals surface area contributed by atoms with Gasteiger partial charge in [-0.25, -0.2) is 0 Å². The standard InChI is InChI=1S/C28H32N2O3/c1-6-20-10-16-25(17-11-20)33-19(2)26(31)29-23-8-7-9-24(18-23)30-27(32)21-12-14-22(15-13-21)28(3,4)5/h7-19H,6H2,1-5H3,(H,29,31)(H,30,32). The molecule has 5 heteroatoms. The molecule has 0 saturated heterocycles. The van der Waals surface area contributed by atoms with Crippen molar-refractivity contribution in [2.24, 2.45) is 0 Å². The van der Waals surface area contributed by atoms with Crippen LogP contribution in [0.15, 0.2) is 72.8 Å². The molecule has 0 heterocycles. The first kappa shape index (κ1) is 24.1. The summed E-state index contributed by atoms with van der Waals surface area (Å²) >= 11 is 0. The monoisotopic (exact) mass is 444 g/mol. The average Bonchev–Trinajstić information content (AvgIpc) is 2.79. The summed E-state index contributed by atoms with van der Waals surface area (Å²) in [6, 6.07) is 22.4. The van der Waals surface area contributed by atoms with E-state index in [1.165, 1.54) is 11.1 Å². The molecule has 172 valence electrons. The molecule has 1 unspecified atom stereocenters. The maximum atomic E-state index is 12.6. The van der Waals surface area contributed by atoms with Gasteiger partial charge in [-0.15, -0.1) is 0 Å². The fourth-order valence-electron chi connectivity index (χ4n) is 3.30. The van der Waals surface area contributed by atoms with Gasteiger partial charge in [0.25, 0.3) is 11.8 Å². The third-order valence-electron chi connectivity index (χ3n) is 5.41. The number of hydrogen-bond acceptors (Lipinski definition) is 3. The van der Waals surface area contributed by atoms with Gasteiger partial charge in [-0.1, -0.05) is 58.0 Å². The van der Waals surface area contributed by atoms with Crippen LogP contribution in [-0.2, 0) is 16.6 Å². The Bertz CT molecular complexity index is 1100. The topological polar surface area (TPSA) is 67.4 Å². The molecule has 0 aliphatic heterocycles. The Kier molecular flexibility index (Phi) is 7.54. The molecule has 2 amide bonds. The molecule has 2 N–H and O–H groups in total. The van der Waals surface area contributed by atoms with Gasteiger partial charge in [0.1, 0.15) is 5.75 Å². The van der Waals surface area contributed by atoms with Crippen molar-refractivity contribution < 1.29 is 14.3 Å². The van der Waals surface area contributed by atoms with Crippen molar-refractivity contribution in [1.29, 1.82) is 0 Å². The lowest BCUT2D eigenvalue weighted by Gasteiger charge is -2.19. The molecule has 3 aromatic rings. The number of amides is 2. The number of ether oxygens (including phenoxy) is 1. The predicted octanol–water partition coefficient (Wildman–Crippen LogP) is 6.20. The highest BCUT2D eigenvalue weighted by atomic mass is 16.5. The molecule has 3 rings (SSSR count). The van der Waals surface area contributed by atoms with Crippen LogP contribution in [0.25, 0.3) is 0 Å². The van der Waals surface area contributed by atoms with E-state index >= 15 is 0 Å². The van der Waals surface area contributed by atoms with Crippen LogP contribution in [0, 0.1) is 0 Å². The molecule has 0 radical (unpaired) electrons. The summed E-state index contributed by atoms with van der Waals surface area (Å²) in [5.74, 6) is 0.176. The minimum absolute atomic E-state index is 0.0291. The van der Waals surface area contributed by atoms with Crippen LogP contribution in [0.4, 0.5) is 11.4 Å². The Morgan fingerprint density at radius 3 is 2.06 bits per heavy atom. The van der Waals surface area contributed by atoms with Gasteiger partial charge in [-0.2, -0.15) is 0 Å². The van der Waals surface area contributed by atoms with E-state index in [1.54, 1.807) is 31.2 Å². The van der Waals surface area contributed by atoms with E-state index in [2.05, 4.69) is 38.3 Å². The van der Waals surface area contributed by atoms with E-state index in [0.29, 0.717) is 22.7 Å². The van der Waals surface area contributed by atoms with Crippen molar-refractivity contribution in [3.05, 3.63) is 89.5 Å². The smallest absolute Gasteiger partial charge is 0.265 e. The van der Waals surface area contributed by atoms with Crippen LogP contribution in [0.3, 0.4) is 0 Å². The second kappa shape index (κ2) is 10.3. The van der Waals surface area contributed by atoms with Gasteiger partial charge < -0.3 is 15.4 Å². The Labute approximate surface area is 196 Å². The first-order valence-electron chi connectivity index (χ1n) is 11.2. The lowest BCUT2D eigenvalue weighted by Crippen LogP contribution is -2.30. The summed E-state index contributed by atoms with van der Waals surface area (Å²) in [7, 11) is 0. The second-order valence-electron chi connectivity index (χ2n) is 9.11. The Balaban J connectivity index is 1.60. The zero-order valence-electron chi connectivity index (χ0n) is 19.9. The molecule has 0 aliphatic carbocycles. The second-order valence-corrected chi connectivity index (χ2v) is 9.11. The minimum Gasteiger partial charge on any atom is -0.481 e. The quantitative estimate of drug-likeness (QED) is 0.456. The molecule has 0 aromatic heterocycles. The van der Waals surface area contributed by atoms with Gasteiger partial charge in [-0.3, -0.25) is 9.59 Å². The number of aryl methyl sites for hydroxylation is 1. The number of benzene rings is 3. The van der Waals surface area contributed by atoms with Crippen LogP contribution in [-0.4, -0.2) is 17.9 Å². The lowest BCUT2D eigenvalue weighted by atomic mass is 9.87. The molecule has 0 spiro atoms. The van der Waals surface area contributed by atoms with Crippen molar-refractivity contribution >= 4 is 23.2 Å². The first-order valence-corrected chi connectivity index (χ1v) is 11.2. The summed E-state index contributed by atoms with van der Waals surface area (Å²) in [5, 5.41) is 5.74. The summed E-state index contributed by atoms with van der Waals surface area (Å²) in [5.41, 5.74) is 4.17. The number of carbonyl (C=O) groups excluding carboxylic acids is 2. The molecule has 0 aliphatic rings. The largest absolute Gasteiger partial charge is 0.481 e. The molecule has 3 aromatic carbocycles. The molecule has 0 bridgehead atoms. The maximum absolute atomic E-state index is 12.6. The molecular formula is C28H32N2O3. The van der Waals surface area contributed by atoms with E-state index in [1.807, 2.05) is 48.5 Å². The fourth-order valence-corrected chi connectivity index (χ4v) is 3.30. The molecular weight excluding hydrogens is 412 g/mol. The van der Waals surface area contributed by atoms with Crippen molar-refractivity contribution in [1.82, 2.24) is 0 Å². The molecule has 0 saturated carbocycles. The Morgan fingerprint density at radius 2 is 1.48 bits per heavy atom. The minimum atomic E-state index is -0.669. The highest BCUT2D eigenvalue weighted by Gasteiger charge is 2.16. The van der Waals surface area contributed by atoms with Crippen LogP contribution in [0.2, 0.25) is 0 Å². The Hall–Kier alpha value is -3.60. The van der Waals surface area contributed by atoms with E-state index < -0.39 is 6.10 Å².